The summed E-state index contributed by atoms with van der Waals surface area (Å²) < 4.78 is 13.6. The molecular weight excluding hydrogens is 506 g/mol. The third kappa shape index (κ3) is 6.53. The Morgan fingerprint density at radius 2 is 1.76 bits per heavy atom. The maximum atomic E-state index is 5.92. The minimum Gasteiger partial charge on any atom is -0.496 e. The molecule has 0 saturated carbocycles. The van der Waals surface area contributed by atoms with Crippen molar-refractivity contribution in [1.29, 1.82) is 0 Å². The Balaban J connectivity index is 1.22. The van der Waals surface area contributed by atoms with E-state index in [1.54, 1.807) is 13.3 Å². The highest BCUT2D eigenvalue weighted by Crippen LogP contribution is 2.27. The van der Waals surface area contributed by atoms with Crippen molar-refractivity contribution < 1.29 is 9.47 Å². The van der Waals surface area contributed by atoms with E-state index >= 15 is 0 Å². The number of ether oxygens (including phenoxy) is 2. The molecule has 5 nitrogen and oxygen atoms in total. The molecule has 0 unspecified atom stereocenters. The quantitative estimate of drug-likeness (QED) is 0.182. The Kier molecular flexibility index (Phi) is 7.86. The molecular formula is C36H31N3O2. The zero-order chi connectivity index (χ0) is 27.9. The van der Waals surface area contributed by atoms with Crippen molar-refractivity contribution in [3.8, 4) is 11.5 Å². The number of fused-ring (bicyclic) bond motifs is 1. The average molecular weight is 538 g/mol. The zero-order valence-electron chi connectivity index (χ0n) is 23.0. The summed E-state index contributed by atoms with van der Waals surface area (Å²) >= 11 is 0. The second-order valence-electron chi connectivity index (χ2n) is 9.88. The summed E-state index contributed by atoms with van der Waals surface area (Å²) in [6.45, 7) is 1.09. The standard InChI is InChI=1S/C36H31N3O2/c1-40-36-24-35(41-26-33-12-5-6-21-37-33)20-17-30(36)16-18-32-23-34(39(38-32)25-28-8-3-2-4-9-28)19-14-27-13-15-29-10-7-11-31(29)22-27/h2-10,12-24H,11,25-26H2,1H3/b18-16+,19-14+. The molecule has 0 saturated heterocycles. The van der Waals surface area contributed by atoms with E-state index < -0.39 is 0 Å². The van der Waals surface area contributed by atoms with E-state index in [9.17, 15) is 0 Å². The molecule has 2 aromatic heterocycles. The number of benzene rings is 3. The van der Waals surface area contributed by atoms with Crippen LogP contribution < -0.4 is 9.47 Å². The molecule has 3 aromatic carbocycles. The van der Waals surface area contributed by atoms with Crippen molar-refractivity contribution in [3.63, 3.8) is 0 Å². The SMILES string of the molecule is COc1cc(OCc2ccccn2)ccc1/C=C/c1cc(/C=C/c2ccc3c(c2)CC=C3)n(Cc2ccccc2)n1. The molecule has 0 radical (unpaired) electrons. The normalized spacial score (nSPS) is 12.3. The van der Waals surface area contributed by atoms with Gasteiger partial charge in [0.15, 0.2) is 0 Å². The van der Waals surface area contributed by atoms with Gasteiger partial charge in [0, 0.05) is 17.8 Å². The highest BCUT2D eigenvalue weighted by Gasteiger charge is 2.08. The molecule has 0 spiro atoms. The van der Waals surface area contributed by atoms with Crippen LogP contribution in [-0.4, -0.2) is 21.9 Å². The van der Waals surface area contributed by atoms with Crippen molar-refractivity contribution in [3.05, 3.63) is 148 Å². The average Bonchev–Trinajstić information content (AvgIpc) is 3.65. The summed E-state index contributed by atoms with van der Waals surface area (Å²) in [5, 5.41) is 4.92. The number of pyridine rings is 1. The van der Waals surface area contributed by atoms with Gasteiger partial charge in [-0.25, -0.2) is 0 Å². The summed E-state index contributed by atoms with van der Waals surface area (Å²) in [6.07, 6.45) is 15.5. The topological polar surface area (TPSA) is 49.2 Å². The van der Waals surface area contributed by atoms with E-state index in [1.807, 2.05) is 59.3 Å². The third-order valence-electron chi connectivity index (χ3n) is 7.01. The van der Waals surface area contributed by atoms with Gasteiger partial charge in [-0.15, -0.1) is 0 Å². The Morgan fingerprint density at radius 1 is 0.854 bits per heavy atom. The molecule has 202 valence electrons. The molecule has 5 heteroatoms. The van der Waals surface area contributed by atoms with Gasteiger partial charge in [0.05, 0.1) is 30.7 Å². The third-order valence-corrected chi connectivity index (χ3v) is 7.01. The Morgan fingerprint density at radius 3 is 2.61 bits per heavy atom. The highest BCUT2D eigenvalue weighted by atomic mass is 16.5. The van der Waals surface area contributed by atoms with Crippen LogP contribution in [0.1, 0.15) is 44.9 Å². The molecule has 5 aromatic rings. The molecule has 1 aliphatic rings. The van der Waals surface area contributed by atoms with Crippen LogP contribution in [0.5, 0.6) is 11.5 Å². The fraction of sp³-hybridized carbons (Fsp3) is 0.111. The maximum absolute atomic E-state index is 5.92. The molecule has 41 heavy (non-hydrogen) atoms. The molecule has 0 atom stereocenters. The molecule has 0 bridgehead atoms. The number of allylic oxidation sites excluding steroid dienone is 1. The number of hydrogen-bond acceptors (Lipinski definition) is 4. The van der Waals surface area contributed by atoms with Gasteiger partial charge in [-0.05, 0) is 77.2 Å². The molecule has 1 aliphatic carbocycles. The van der Waals surface area contributed by atoms with E-state index in [0.717, 1.165) is 40.6 Å². The van der Waals surface area contributed by atoms with Crippen molar-refractivity contribution in [2.24, 2.45) is 0 Å². The second-order valence-corrected chi connectivity index (χ2v) is 9.88. The molecule has 0 aliphatic heterocycles. The monoisotopic (exact) mass is 537 g/mol. The van der Waals surface area contributed by atoms with E-state index in [2.05, 4.69) is 77.8 Å². The van der Waals surface area contributed by atoms with Gasteiger partial charge in [0.2, 0.25) is 0 Å². The fourth-order valence-electron chi connectivity index (χ4n) is 4.85. The number of nitrogens with zero attached hydrogens (tertiary/aromatic N) is 3. The van der Waals surface area contributed by atoms with Gasteiger partial charge < -0.3 is 9.47 Å². The molecule has 2 heterocycles. The molecule has 0 fully saturated rings. The van der Waals surface area contributed by atoms with Crippen molar-refractivity contribution in [2.75, 3.05) is 7.11 Å². The summed E-state index contributed by atoms with van der Waals surface area (Å²) in [4.78, 5) is 4.31. The van der Waals surface area contributed by atoms with Gasteiger partial charge in [-0.3, -0.25) is 9.67 Å². The second kappa shape index (κ2) is 12.3. The Bertz CT molecular complexity index is 1720. The summed E-state index contributed by atoms with van der Waals surface area (Å²) in [5.74, 6) is 1.46. The molecule has 0 amide bonds. The van der Waals surface area contributed by atoms with Crippen molar-refractivity contribution in [1.82, 2.24) is 14.8 Å². The Labute approximate surface area is 240 Å². The first-order valence-electron chi connectivity index (χ1n) is 13.7. The lowest BCUT2D eigenvalue weighted by Gasteiger charge is -2.09. The fourth-order valence-corrected chi connectivity index (χ4v) is 4.85. The van der Waals surface area contributed by atoms with Crippen LogP contribution in [0.4, 0.5) is 0 Å². The van der Waals surface area contributed by atoms with Gasteiger partial charge >= 0.3 is 0 Å². The predicted octanol–water partition coefficient (Wildman–Crippen LogP) is 7.82. The lowest BCUT2D eigenvalue weighted by atomic mass is 10.1. The maximum Gasteiger partial charge on any atom is 0.130 e. The van der Waals surface area contributed by atoms with E-state index in [-0.39, 0.29) is 0 Å². The van der Waals surface area contributed by atoms with E-state index in [0.29, 0.717) is 13.2 Å². The van der Waals surface area contributed by atoms with E-state index in [4.69, 9.17) is 14.6 Å². The zero-order valence-corrected chi connectivity index (χ0v) is 23.0. The first kappa shape index (κ1) is 26.1. The van der Waals surface area contributed by atoms with Crippen LogP contribution in [0.3, 0.4) is 0 Å². The van der Waals surface area contributed by atoms with E-state index in [1.165, 1.54) is 22.3 Å². The van der Waals surface area contributed by atoms with Crippen molar-refractivity contribution in [2.45, 2.75) is 19.6 Å². The van der Waals surface area contributed by atoms with Crippen molar-refractivity contribution >= 4 is 30.4 Å². The van der Waals surface area contributed by atoms with Crippen LogP contribution in [0.25, 0.3) is 30.4 Å². The van der Waals surface area contributed by atoms with Crippen LogP contribution in [0.2, 0.25) is 0 Å². The lowest BCUT2D eigenvalue weighted by molar-refractivity contribution is 0.299. The summed E-state index contributed by atoms with van der Waals surface area (Å²) in [5.41, 5.74) is 8.80. The van der Waals surface area contributed by atoms with Crippen LogP contribution in [-0.2, 0) is 19.6 Å². The van der Waals surface area contributed by atoms with Gasteiger partial charge in [-0.1, -0.05) is 72.8 Å². The lowest BCUT2D eigenvalue weighted by Crippen LogP contribution is -2.03. The number of hydrogen-bond donors (Lipinski definition) is 0. The number of aromatic nitrogens is 3. The van der Waals surface area contributed by atoms with Crippen LogP contribution in [0.15, 0.2) is 103 Å². The first-order chi connectivity index (χ1) is 20.2. The minimum atomic E-state index is 0.399. The highest BCUT2D eigenvalue weighted by molar-refractivity contribution is 5.75. The molecule has 6 rings (SSSR count). The van der Waals surface area contributed by atoms with Gasteiger partial charge in [0.1, 0.15) is 18.1 Å². The largest absolute Gasteiger partial charge is 0.496 e. The predicted molar refractivity (Wildman–Crippen MR) is 166 cm³/mol. The van der Waals surface area contributed by atoms with Gasteiger partial charge in [0.25, 0.3) is 0 Å². The molecule has 0 N–H and O–H groups in total. The van der Waals surface area contributed by atoms with Crippen LogP contribution in [0, 0.1) is 0 Å². The smallest absolute Gasteiger partial charge is 0.130 e. The number of rotatable bonds is 10. The summed E-state index contributed by atoms with van der Waals surface area (Å²) in [7, 11) is 1.67. The Hall–Kier alpha value is -5.16. The first-order valence-corrected chi connectivity index (χ1v) is 13.7. The minimum absolute atomic E-state index is 0.399. The van der Waals surface area contributed by atoms with Gasteiger partial charge in [-0.2, -0.15) is 5.10 Å². The summed E-state index contributed by atoms with van der Waals surface area (Å²) in [6, 6.07) is 30.8. The number of methoxy groups -OCH3 is 1. The van der Waals surface area contributed by atoms with Crippen LogP contribution >= 0.6 is 0 Å².